The van der Waals surface area contributed by atoms with Crippen molar-refractivity contribution in [2.75, 3.05) is 7.05 Å². The van der Waals surface area contributed by atoms with Crippen LogP contribution < -0.4 is 5.32 Å². The Balaban J connectivity index is 2.70. The molecule has 0 amide bonds. The molecule has 0 heterocycles. The number of carbonyl (C=O) groups excluding carboxylic acids is 1. The van der Waals surface area contributed by atoms with Gasteiger partial charge in [-0.1, -0.05) is 38.1 Å². The van der Waals surface area contributed by atoms with Gasteiger partial charge in [0.1, 0.15) is 0 Å². The fraction of sp³-hybridized carbons (Fsp3) is 0.500. The highest BCUT2D eigenvalue weighted by Gasteiger charge is 2.19. The van der Waals surface area contributed by atoms with Gasteiger partial charge < -0.3 is 10.4 Å². The first-order chi connectivity index (χ1) is 8.08. The van der Waals surface area contributed by atoms with Crippen molar-refractivity contribution < 1.29 is 9.90 Å². The zero-order valence-electron chi connectivity index (χ0n) is 10.7. The standard InChI is InChI=1S/C14H21NO2/c1-10(2)14(17)13(15-3)8-11-4-6-12(9-16)7-5-11/h4-7,10,13,15-16H,8-9H2,1-3H3. The fourth-order valence-electron chi connectivity index (χ4n) is 1.76. The van der Waals surface area contributed by atoms with Gasteiger partial charge in [0.25, 0.3) is 0 Å². The Morgan fingerprint density at radius 2 is 1.76 bits per heavy atom. The van der Waals surface area contributed by atoms with Crippen molar-refractivity contribution in [3.8, 4) is 0 Å². The SMILES string of the molecule is CNC(Cc1ccc(CO)cc1)C(=O)C(C)C. The second-order valence-corrected chi connectivity index (χ2v) is 4.58. The molecule has 2 N–H and O–H groups in total. The molecule has 0 spiro atoms. The van der Waals surface area contributed by atoms with Gasteiger partial charge in [0.15, 0.2) is 5.78 Å². The maximum atomic E-state index is 11.9. The highest BCUT2D eigenvalue weighted by atomic mass is 16.3. The fourth-order valence-corrected chi connectivity index (χ4v) is 1.76. The minimum absolute atomic E-state index is 0.0455. The summed E-state index contributed by atoms with van der Waals surface area (Å²) in [6.45, 7) is 3.89. The third-order valence-corrected chi connectivity index (χ3v) is 2.91. The van der Waals surface area contributed by atoms with Gasteiger partial charge in [-0.3, -0.25) is 4.79 Å². The van der Waals surface area contributed by atoms with Gasteiger partial charge in [-0.15, -0.1) is 0 Å². The van der Waals surface area contributed by atoms with E-state index >= 15 is 0 Å². The molecule has 1 aromatic rings. The number of carbonyl (C=O) groups is 1. The lowest BCUT2D eigenvalue weighted by atomic mass is 9.95. The third kappa shape index (κ3) is 3.95. The lowest BCUT2D eigenvalue weighted by molar-refractivity contribution is -0.123. The summed E-state index contributed by atoms with van der Waals surface area (Å²) < 4.78 is 0. The van der Waals surface area contributed by atoms with Crippen molar-refractivity contribution in [1.29, 1.82) is 0 Å². The Morgan fingerprint density at radius 1 is 1.24 bits per heavy atom. The molecule has 0 saturated heterocycles. The number of nitrogens with one attached hydrogen (secondary N) is 1. The van der Waals surface area contributed by atoms with E-state index in [1.807, 2.05) is 45.2 Å². The quantitative estimate of drug-likeness (QED) is 0.786. The number of benzene rings is 1. The van der Waals surface area contributed by atoms with Crippen LogP contribution in [0.2, 0.25) is 0 Å². The summed E-state index contributed by atoms with van der Waals surface area (Å²) in [5.41, 5.74) is 2.00. The summed E-state index contributed by atoms with van der Waals surface area (Å²) in [6.07, 6.45) is 0.694. The number of hydrogen-bond donors (Lipinski definition) is 2. The van der Waals surface area contributed by atoms with E-state index in [4.69, 9.17) is 5.11 Å². The van der Waals surface area contributed by atoms with Crippen LogP contribution in [0, 0.1) is 5.92 Å². The van der Waals surface area contributed by atoms with E-state index in [1.54, 1.807) is 0 Å². The van der Waals surface area contributed by atoms with Crippen LogP contribution in [0.5, 0.6) is 0 Å². The Kier molecular flexibility index (Phi) is 5.32. The minimum Gasteiger partial charge on any atom is -0.392 e. The molecule has 0 aliphatic heterocycles. The smallest absolute Gasteiger partial charge is 0.152 e. The number of aliphatic hydroxyl groups excluding tert-OH is 1. The number of rotatable bonds is 6. The molecule has 0 saturated carbocycles. The summed E-state index contributed by atoms with van der Waals surface area (Å²) >= 11 is 0. The van der Waals surface area contributed by atoms with Gasteiger partial charge in [0.05, 0.1) is 12.6 Å². The predicted octanol–water partition coefficient (Wildman–Crippen LogP) is 1.53. The molecule has 1 rings (SSSR count). The highest BCUT2D eigenvalue weighted by Crippen LogP contribution is 2.10. The van der Waals surface area contributed by atoms with Crippen LogP contribution in [0.3, 0.4) is 0 Å². The molecule has 1 aromatic carbocycles. The summed E-state index contributed by atoms with van der Waals surface area (Å²) in [4.78, 5) is 11.9. The van der Waals surface area contributed by atoms with E-state index in [1.165, 1.54) is 0 Å². The summed E-state index contributed by atoms with van der Waals surface area (Å²) in [5, 5.41) is 12.0. The predicted molar refractivity (Wildman–Crippen MR) is 68.8 cm³/mol. The van der Waals surface area contributed by atoms with Gasteiger partial charge >= 0.3 is 0 Å². The number of likely N-dealkylation sites (N-methyl/N-ethyl adjacent to an activating group) is 1. The monoisotopic (exact) mass is 235 g/mol. The Labute approximate surface area is 103 Å². The molecule has 94 valence electrons. The molecule has 0 bridgehead atoms. The first kappa shape index (κ1) is 13.9. The van der Waals surface area contributed by atoms with Crippen molar-refractivity contribution in [1.82, 2.24) is 5.32 Å². The van der Waals surface area contributed by atoms with Crippen molar-refractivity contribution in [2.24, 2.45) is 5.92 Å². The van der Waals surface area contributed by atoms with E-state index in [9.17, 15) is 4.79 Å². The Bertz CT molecular complexity index is 357. The molecule has 1 atom stereocenters. The maximum Gasteiger partial charge on any atom is 0.152 e. The van der Waals surface area contributed by atoms with Crippen LogP contribution in [0.4, 0.5) is 0 Å². The molecule has 0 aliphatic rings. The summed E-state index contributed by atoms with van der Waals surface area (Å²) in [6, 6.07) is 7.58. The normalized spacial score (nSPS) is 12.8. The molecular weight excluding hydrogens is 214 g/mol. The molecule has 0 fully saturated rings. The first-order valence-electron chi connectivity index (χ1n) is 5.98. The number of ketones is 1. The van der Waals surface area contributed by atoms with Crippen LogP contribution in [0.15, 0.2) is 24.3 Å². The highest BCUT2D eigenvalue weighted by molar-refractivity contribution is 5.85. The van der Waals surface area contributed by atoms with E-state index < -0.39 is 0 Å². The summed E-state index contributed by atoms with van der Waals surface area (Å²) in [7, 11) is 1.81. The van der Waals surface area contributed by atoms with Crippen molar-refractivity contribution >= 4 is 5.78 Å². The van der Waals surface area contributed by atoms with Gasteiger partial charge in [-0.2, -0.15) is 0 Å². The van der Waals surface area contributed by atoms with Gasteiger partial charge in [-0.05, 0) is 24.6 Å². The van der Waals surface area contributed by atoms with Crippen LogP contribution >= 0.6 is 0 Å². The number of hydrogen-bond acceptors (Lipinski definition) is 3. The molecular formula is C14H21NO2. The Hall–Kier alpha value is -1.19. The first-order valence-corrected chi connectivity index (χ1v) is 5.98. The van der Waals surface area contributed by atoms with Crippen LogP contribution in [-0.2, 0) is 17.8 Å². The number of Topliss-reactive ketones (excluding diaryl/α,β-unsaturated/α-hetero) is 1. The molecule has 0 aromatic heterocycles. The zero-order chi connectivity index (χ0) is 12.8. The second-order valence-electron chi connectivity index (χ2n) is 4.58. The largest absolute Gasteiger partial charge is 0.392 e. The van der Waals surface area contributed by atoms with E-state index in [2.05, 4.69) is 5.32 Å². The molecule has 3 nitrogen and oxygen atoms in total. The lowest BCUT2D eigenvalue weighted by Gasteiger charge is -2.17. The zero-order valence-corrected chi connectivity index (χ0v) is 10.7. The van der Waals surface area contributed by atoms with Crippen molar-refractivity contribution in [2.45, 2.75) is 32.9 Å². The van der Waals surface area contributed by atoms with Crippen LogP contribution in [0.25, 0.3) is 0 Å². The van der Waals surface area contributed by atoms with Crippen molar-refractivity contribution in [3.05, 3.63) is 35.4 Å². The lowest BCUT2D eigenvalue weighted by Crippen LogP contribution is -2.38. The van der Waals surface area contributed by atoms with Gasteiger partial charge in [0.2, 0.25) is 0 Å². The summed E-state index contributed by atoms with van der Waals surface area (Å²) in [5.74, 6) is 0.280. The van der Waals surface area contributed by atoms with Crippen LogP contribution in [0.1, 0.15) is 25.0 Å². The Morgan fingerprint density at radius 3 is 2.18 bits per heavy atom. The average Bonchev–Trinajstić information content (AvgIpc) is 2.35. The maximum absolute atomic E-state index is 11.9. The van der Waals surface area contributed by atoms with Gasteiger partial charge in [0, 0.05) is 5.92 Å². The third-order valence-electron chi connectivity index (χ3n) is 2.91. The molecule has 3 heteroatoms. The second kappa shape index (κ2) is 6.52. The van der Waals surface area contributed by atoms with E-state index in [-0.39, 0.29) is 24.3 Å². The molecule has 0 radical (unpaired) electrons. The average molecular weight is 235 g/mol. The van der Waals surface area contributed by atoms with Crippen molar-refractivity contribution in [3.63, 3.8) is 0 Å². The minimum atomic E-state index is -0.130. The number of aliphatic hydroxyl groups is 1. The molecule has 17 heavy (non-hydrogen) atoms. The van der Waals surface area contributed by atoms with E-state index in [0.29, 0.717) is 6.42 Å². The van der Waals surface area contributed by atoms with E-state index in [0.717, 1.165) is 11.1 Å². The molecule has 0 aliphatic carbocycles. The van der Waals surface area contributed by atoms with Crippen LogP contribution in [-0.4, -0.2) is 24.0 Å². The van der Waals surface area contributed by atoms with Gasteiger partial charge in [-0.25, -0.2) is 0 Å². The molecule has 1 unspecified atom stereocenters. The topological polar surface area (TPSA) is 49.3 Å².